The number of alkyl halides is 3. The maximum absolute atomic E-state index is 12.8. The van der Waals surface area contributed by atoms with E-state index in [9.17, 15) is 26.4 Å². The fourth-order valence-corrected chi connectivity index (χ4v) is 4.60. The van der Waals surface area contributed by atoms with Gasteiger partial charge >= 0.3 is 6.18 Å². The first kappa shape index (κ1) is 22.3. The van der Waals surface area contributed by atoms with Gasteiger partial charge in [-0.05, 0) is 32.8 Å². The van der Waals surface area contributed by atoms with E-state index in [1.807, 2.05) is 13.8 Å². The number of nitrogens with zero attached hydrogens (tertiary/aromatic N) is 4. The SMILES string of the molecule is CC(C)n1cnc(S(=O)(=O)N2CCC(c3cc(C(=O)NCC(F)(F)F)n[nH]3)CC2)c1. The third kappa shape index (κ3) is 5.01. The van der Waals surface area contributed by atoms with Crippen LogP contribution in [0.3, 0.4) is 0 Å². The quantitative estimate of drug-likeness (QED) is 0.702. The van der Waals surface area contributed by atoms with Crippen LogP contribution in [0.25, 0.3) is 0 Å². The lowest BCUT2D eigenvalue weighted by Crippen LogP contribution is -2.38. The first-order chi connectivity index (χ1) is 14.0. The largest absolute Gasteiger partial charge is 0.405 e. The number of hydrogen-bond acceptors (Lipinski definition) is 5. The molecule has 1 aliphatic heterocycles. The Bertz CT molecular complexity index is 991. The number of imidazole rings is 1. The fraction of sp³-hybridized carbons (Fsp3) is 0.588. The molecule has 2 N–H and O–H groups in total. The Kier molecular flexibility index (Phi) is 6.22. The molecule has 0 saturated carbocycles. The minimum atomic E-state index is -4.50. The van der Waals surface area contributed by atoms with Gasteiger partial charge in [0, 0.05) is 36.9 Å². The second-order valence-corrected chi connectivity index (χ2v) is 9.32. The maximum atomic E-state index is 12.8. The first-order valence-electron chi connectivity index (χ1n) is 9.41. The summed E-state index contributed by atoms with van der Waals surface area (Å²) in [6, 6.07) is 1.50. The van der Waals surface area contributed by atoms with E-state index in [1.165, 1.54) is 22.9 Å². The number of aromatic amines is 1. The zero-order chi connectivity index (χ0) is 22.1. The lowest BCUT2D eigenvalue weighted by atomic mass is 9.94. The third-order valence-corrected chi connectivity index (χ3v) is 6.74. The number of hydrogen-bond donors (Lipinski definition) is 2. The highest BCUT2D eigenvalue weighted by molar-refractivity contribution is 7.89. The maximum Gasteiger partial charge on any atom is 0.405 e. The zero-order valence-corrected chi connectivity index (χ0v) is 17.3. The summed E-state index contributed by atoms with van der Waals surface area (Å²) in [5, 5.41) is 8.22. The summed E-state index contributed by atoms with van der Waals surface area (Å²) >= 11 is 0. The number of sulfonamides is 1. The van der Waals surface area contributed by atoms with Crippen LogP contribution in [0, 0.1) is 0 Å². The Hall–Kier alpha value is -2.41. The molecule has 166 valence electrons. The molecule has 0 bridgehead atoms. The van der Waals surface area contributed by atoms with Gasteiger partial charge in [-0.2, -0.15) is 22.6 Å². The van der Waals surface area contributed by atoms with Crippen LogP contribution in [0.4, 0.5) is 13.2 Å². The second-order valence-electron chi connectivity index (χ2n) is 7.44. The third-order valence-electron chi connectivity index (χ3n) is 4.95. The van der Waals surface area contributed by atoms with Crippen LogP contribution >= 0.6 is 0 Å². The number of rotatable bonds is 6. The zero-order valence-electron chi connectivity index (χ0n) is 16.5. The minimum absolute atomic E-state index is 0.000174. The summed E-state index contributed by atoms with van der Waals surface area (Å²) in [7, 11) is -3.70. The molecular weight excluding hydrogens is 425 g/mol. The van der Waals surface area contributed by atoms with E-state index in [4.69, 9.17) is 0 Å². The molecule has 0 aromatic carbocycles. The molecule has 0 atom stereocenters. The average molecular weight is 448 g/mol. The lowest BCUT2D eigenvalue weighted by Gasteiger charge is -2.30. The predicted octanol–water partition coefficient (Wildman–Crippen LogP) is 2.05. The molecule has 3 rings (SSSR count). The minimum Gasteiger partial charge on any atom is -0.342 e. The molecule has 1 aliphatic rings. The van der Waals surface area contributed by atoms with E-state index in [1.54, 1.807) is 9.88 Å². The summed E-state index contributed by atoms with van der Waals surface area (Å²) in [5.41, 5.74) is 0.455. The van der Waals surface area contributed by atoms with Gasteiger partial charge in [-0.3, -0.25) is 9.89 Å². The van der Waals surface area contributed by atoms with Crippen molar-refractivity contribution in [3.63, 3.8) is 0 Å². The van der Waals surface area contributed by atoms with Gasteiger partial charge in [-0.1, -0.05) is 0 Å². The van der Waals surface area contributed by atoms with Crippen LogP contribution in [0.2, 0.25) is 0 Å². The van der Waals surface area contributed by atoms with Crippen LogP contribution in [0.5, 0.6) is 0 Å². The summed E-state index contributed by atoms with van der Waals surface area (Å²) < 4.78 is 65.3. The van der Waals surface area contributed by atoms with Crippen molar-refractivity contribution < 1.29 is 26.4 Å². The van der Waals surface area contributed by atoms with Crippen LogP contribution in [-0.2, 0) is 10.0 Å². The summed E-state index contributed by atoms with van der Waals surface area (Å²) in [6.07, 6.45) is -0.545. The van der Waals surface area contributed by atoms with Gasteiger partial charge in [0.05, 0.1) is 6.33 Å². The van der Waals surface area contributed by atoms with Crippen molar-refractivity contribution in [1.29, 1.82) is 0 Å². The number of aromatic nitrogens is 4. The van der Waals surface area contributed by atoms with Crippen LogP contribution in [-0.4, -0.2) is 64.2 Å². The molecule has 0 radical (unpaired) electrons. The number of H-pyrrole nitrogens is 1. The van der Waals surface area contributed by atoms with Crippen molar-refractivity contribution in [3.05, 3.63) is 30.0 Å². The highest BCUT2D eigenvalue weighted by Gasteiger charge is 2.33. The molecule has 3 heterocycles. The number of carbonyl (C=O) groups is 1. The lowest BCUT2D eigenvalue weighted by molar-refractivity contribution is -0.123. The van der Waals surface area contributed by atoms with Crippen molar-refractivity contribution in [3.8, 4) is 0 Å². The molecule has 1 saturated heterocycles. The van der Waals surface area contributed by atoms with Gasteiger partial charge in [0.25, 0.3) is 15.9 Å². The van der Waals surface area contributed by atoms with Crippen LogP contribution < -0.4 is 5.32 Å². The van der Waals surface area contributed by atoms with Gasteiger partial charge in [0.15, 0.2) is 5.03 Å². The van der Waals surface area contributed by atoms with Gasteiger partial charge in [-0.25, -0.2) is 13.4 Å². The molecule has 1 amide bonds. The summed E-state index contributed by atoms with van der Waals surface area (Å²) in [6.45, 7) is 2.93. The van der Waals surface area contributed by atoms with Crippen molar-refractivity contribution >= 4 is 15.9 Å². The Morgan fingerprint density at radius 2 is 2.00 bits per heavy atom. The van der Waals surface area contributed by atoms with E-state index in [0.717, 1.165) is 0 Å². The van der Waals surface area contributed by atoms with Gasteiger partial charge in [-0.15, -0.1) is 0 Å². The molecule has 1 fully saturated rings. The summed E-state index contributed by atoms with van der Waals surface area (Å²) in [4.78, 5) is 15.8. The Balaban J connectivity index is 1.60. The normalized spacial score (nSPS) is 16.9. The van der Waals surface area contributed by atoms with E-state index in [0.29, 0.717) is 18.5 Å². The number of nitrogens with one attached hydrogen (secondary N) is 2. The number of amides is 1. The van der Waals surface area contributed by atoms with Crippen molar-refractivity contribution in [2.75, 3.05) is 19.6 Å². The summed E-state index contributed by atoms with van der Waals surface area (Å²) in [5.74, 6) is -1.00. The van der Waals surface area contributed by atoms with Gasteiger partial charge < -0.3 is 9.88 Å². The van der Waals surface area contributed by atoms with Crippen molar-refractivity contribution in [1.82, 2.24) is 29.4 Å². The monoisotopic (exact) mass is 448 g/mol. The Labute approximate surface area is 171 Å². The smallest absolute Gasteiger partial charge is 0.342 e. The Morgan fingerprint density at radius 3 is 2.57 bits per heavy atom. The molecule has 13 heteroatoms. The van der Waals surface area contributed by atoms with E-state index in [-0.39, 0.29) is 35.8 Å². The molecule has 0 aliphatic carbocycles. The van der Waals surface area contributed by atoms with E-state index < -0.39 is 28.7 Å². The van der Waals surface area contributed by atoms with Gasteiger partial charge in [0.1, 0.15) is 12.2 Å². The Morgan fingerprint density at radius 1 is 1.33 bits per heavy atom. The van der Waals surface area contributed by atoms with E-state index in [2.05, 4.69) is 15.2 Å². The van der Waals surface area contributed by atoms with Crippen molar-refractivity contribution in [2.45, 2.75) is 49.9 Å². The van der Waals surface area contributed by atoms with E-state index >= 15 is 0 Å². The molecular formula is C17H23F3N6O3S. The highest BCUT2D eigenvalue weighted by atomic mass is 32.2. The molecule has 0 unspecified atom stereocenters. The predicted molar refractivity (Wildman–Crippen MR) is 100 cm³/mol. The number of piperidine rings is 1. The molecule has 2 aromatic heterocycles. The van der Waals surface area contributed by atoms with Crippen molar-refractivity contribution in [2.24, 2.45) is 0 Å². The first-order valence-corrected chi connectivity index (χ1v) is 10.9. The van der Waals surface area contributed by atoms with Gasteiger partial charge in [0.2, 0.25) is 0 Å². The molecule has 9 nitrogen and oxygen atoms in total. The fourth-order valence-electron chi connectivity index (χ4n) is 3.21. The van der Waals surface area contributed by atoms with Crippen LogP contribution in [0.1, 0.15) is 54.8 Å². The van der Waals surface area contributed by atoms with Crippen LogP contribution in [0.15, 0.2) is 23.6 Å². The topological polar surface area (TPSA) is 113 Å². The standard InChI is InChI=1S/C17H23F3N6O3S/c1-11(2)25-8-15(22-10-25)30(28,29)26-5-3-12(4-6-26)13-7-14(24-23-13)16(27)21-9-17(18,19)20/h7-8,10-12H,3-6,9H2,1-2H3,(H,21,27)(H,23,24). The molecule has 0 spiro atoms. The number of halogens is 3. The molecule has 2 aromatic rings. The second kappa shape index (κ2) is 8.38. The molecule has 30 heavy (non-hydrogen) atoms. The number of carbonyl (C=O) groups excluding carboxylic acids is 1. The average Bonchev–Trinajstić information content (AvgIpc) is 3.36. The highest BCUT2D eigenvalue weighted by Crippen LogP contribution is 2.30.